The molecular formula is C9H11NO3S. The van der Waals surface area contributed by atoms with E-state index in [9.17, 15) is 9.59 Å². The summed E-state index contributed by atoms with van der Waals surface area (Å²) in [6.45, 7) is 1.43. The van der Waals surface area contributed by atoms with Gasteiger partial charge in [0, 0.05) is 4.88 Å². The van der Waals surface area contributed by atoms with Gasteiger partial charge in [0.2, 0.25) is 0 Å². The molecule has 1 rings (SSSR count). The Morgan fingerprint density at radius 1 is 1.57 bits per heavy atom. The van der Waals surface area contributed by atoms with Crippen molar-refractivity contribution >= 4 is 23.2 Å². The molecule has 0 fully saturated rings. The topological polar surface area (TPSA) is 55.4 Å². The van der Waals surface area contributed by atoms with E-state index in [0.717, 1.165) is 4.88 Å². The molecule has 5 heteroatoms. The molecule has 76 valence electrons. The third-order valence-corrected chi connectivity index (χ3v) is 2.62. The first kappa shape index (κ1) is 10.7. The van der Waals surface area contributed by atoms with E-state index in [1.807, 2.05) is 11.4 Å². The van der Waals surface area contributed by atoms with Crippen molar-refractivity contribution in [2.24, 2.45) is 0 Å². The van der Waals surface area contributed by atoms with Crippen molar-refractivity contribution < 1.29 is 14.3 Å². The SMILES string of the molecule is COC(=O)NC(C(C)=O)c1cccs1. The second-order valence-electron chi connectivity index (χ2n) is 2.70. The fourth-order valence-electron chi connectivity index (χ4n) is 1.01. The van der Waals surface area contributed by atoms with Gasteiger partial charge >= 0.3 is 6.09 Å². The predicted octanol–water partition coefficient (Wildman–Crippen LogP) is 1.73. The van der Waals surface area contributed by atoms with Crippen LogP contribution >= 0.6 is 11.3 Å². The summed E-state index contributed by atoms with van der Waals surface area (Å²) in [4.78, 5) is 23.0. The lowest BCUT2D eigenvalue weighted by Crippen LogP contribution is -2.31. The molecule has 1 heterocycles. The summed E-state index contributed by atoms with van der Waals surface area (Å²) < 4.78 is 4.43. The molecule has 14 heavy (non-hydrogen) atoms. The third kappa shape index (κ3) is 2.56. The van der Waals surface area contributed by atoms with Gasteiger partial charge in [0.15, 0.2) is 5.78 Å². The number of nitrogens with one attached hydrogen (secondary N) is 1. The summed E-state index contributed by atoms with van der Waals surface area (Å²) in [5.74, 6) is -0.113. The van der Waals surface area contributed by atoms with Crippen LogP contribution in [-0.2, 0) is 9.53 Å². The van der Waals surface area contributed by atoms with Gasteiger partial charge in [-0.1, -0.05) is 6.07 Å². The number of Topliss-reactive ketones (excluding diaryl/α,β-unsaturated/α-hetero) is 1. The van der Waals surface area contributed by atoms with Crippen molar-refractivity contribution in [1.29, 1.82) is 0 Å². The minimum absolute atomic E-state index is 0.113. The van der Waals surface area contributed by atoms with Gasteiger partial charge in [0.25, 0.3) is 0 Å². The van der Waals surface area contributed by atoms with Crippen LogP contribution in [0.3, 0.4) is 0 Å². The fourth-order valence-corrected chi connectivity index (χ4v) is 1.84. The lowest BCUT2D eigenvalue weighted by Gasteiger charge is -2.12. The third-order valence-electron chi connectivity index (χ3n) is 1.68. The second-order valence-corrected chi connectivity index (χ2v) is 3.67. The molecule has 0 aromatic carbocycles. The first-order valence-electron chi connectivity index (χ1n) is 4.03. The number of carbonyl (C=O) groups excluding carboxylic acids is 2. The van der Waals surface area contributed by atoms with Crippen molar-refractivity contribution in [3.05, 3.63) is 22.4 Å². The molecule has 0 aliphatic rings. The van der Waals surface area contributed by atoms with Crippen LogP contribution in [0.2, 0.25) is 0 Å². The molecule has 0 bridgehead atoms. The van der Waals surface area contributed by atoms with Gasteiger partial charge in [-0.3, -0.25) is 4.79 Å². The monoisotopic (exact) mass is 213 g/mol. The summed E-state index contributed by atoms with van der Waals surface area (Å²) in [7, 11) is 1.26. The zero-order valence-corrected chi connectivity index (χ0v) is 8.76. The van der Waals surface area contributed by atoms with Gasteiger partial charge in [0.05, 0.1) is 7.11 Å². The van der Waals surface area contributed by atoms with E-state index in [1.54, 1.807) is 6.07 Å². The number of ether oxygens (including phenoxy) is 1. The normalized spacial score (nSPS) is 11.9. The number of carbonyl (C=O) groups is 2. The standard InChI is InChI=1S/C9H11NO3S/c1-6(11)8(10-9(12)13-2)7-4-3-5-14-7/h3-5,8H,1-2H3,(H,10,12). The van der Waals surface area contributed by atoms with Crippen LogP contribution in [0.15, 0.2) is 17.5 Å². The molecule has 0 saturated heterocycles. The molecule has 1 amide bonds. The summed E-state index contributed by atoms with van der Waals surface area (Å²) >= 11 is 1.42. The molecule has 0 aliphatic heterocycles. The number of ketones is 1. The van der Waals surface area contributed by atoms with Crippen LogP contribution in [0.4, 0.5) is 4.79 Å². The molecule has 0 radical (unpaired) electrons. The van der Waals surface area contributed by atoms with Gasteiger partial charge in [-0.15, -0.1) is 11.3 Å². The summed E-state index contributed by atoms with van der Waals surface area (Å²) in [5, 5.41) is 4.32. The van der Waals surface area contributed by atoms with E-state index in [1.165, 1.54) is 25.4 Å². The molecule has 1 unspecified atom stereocenters. The zero-order valence-electron chi connectivity index (χ0n) is 7.94. The Hall–Kier alpha value is -1.36. The van der Waals surface area contributed by atoms with Crippen molar-refractivity contribution in [1.82, 2.24) is 5.32 Å². The highest BCUT2D eigenvalue weighted by molar-refractivity contribution is 7.10. The van der Waals surface area contributed by atoms with Gasteiger partial charge in [-0.05, 0) is 18.4 Å². The molecule has 0 saturated carbocycles. The molecule has 1 aromatic heterocycles. The zero-order chi connectivity index (χ0) is 10.6. The number of hydrogen-bond acceptors (Lipinski definition) is 4. The Balaban J connectivity index is 2.76. The maximum absolute atomic E-state index is 11.2. The smallest absolute Gasteiger partial charge is 0.407 e. The fraction of sp³-hybridized carbons (Fsp3) is 0.333. The highest BCUT2D eigenvalue weighted by Crippen LogP contribution is 2.19. The van der Waals surface area contributed by atoms with Gasteiger partial charge < -0.3 is 10.1 Å². The van der Waals surface area contributed by atoms with Crippen LogP contribution < -0.4 is 5.32 Å². The van der Waals surface area contributed by atoms with Gasteiger partial charge in [-0.2, -0.15) is 0 Å². The molecule has 0 aliphatic carbocycles. The molecule has 0 spiro atoms. The summed E-state index contributed by atoms with van der Waals surface area (Å²) in [6, 6.07) is 3.03. The largest absolute Gasteiger partial charge is 0.453 e. The lowest BCUT2D eigenvalue weighted by atomic mass is 10.2. The van der Waals surface area contributed by atoms with Crippen LogP contribution in [0.25, 0.3) is 0 Å². The average molecular weight is 213 g/mol. The summed E-state index contributed by atoms with van der Waals surface area (Å²) in [6.07, 6.45) is -0.599. The quantitative estimate of drug-likeness (QED) is 0.832. The Morgan fingerprint density at radius 3 is 2.71 bits per heavy atom. The van der Waals surface area contributed by atoms with Crippen LogP contribution in [0, 0.1) is 0 Å². The van der Waals surface area contributed by atoms with Crippen molar-refractivity contribution in [3.8, 4) is 0 Å². The van der Waals surface area contributed by atoms with E-state index >= 15 is 0 Å². The number of hydrogen-bond donors (Lipinski definition) is 1. The molecule has 1 atom stereocenters. The lowest BCUT2D eigenvalue weighted by molar-refractivity contribution is -0.118. The molecular weight excluding hydrogens is 202 g/mol. The first-order valence-corrected chi connectivity index (χ1v) is 4.91. The van der Waals surface area contributed by atoms with E-state index in [2.05, 4.69) is 10.1 Å². The highest BCUT2D eigenvalue weighted by atomic mass is 32.1. The minimum Gasteiger partial charge on any atom is -0.453 e. The van der Waals surface area contributed by atoms with Crippen LogP contribution in [-0.4, -0.2) is 19.0 Å². The van der Waals surface area contributed by atoms with E-state index in [4.69, 9.17) is 0 Å². The Bertz CT molecular complexity index is 321. The van der Waals surface area contributed by atoms with Gasteiger partial charge in [-0.25, -0.2) is 4.79 Å². The maximum atomic E-state index is 11.2. The van der Waals surface area contributed by atoms with Crippen LogP contribution in [0.5, 0.6) is 0 Å². The maximum Gasteiger partial charge on any atom is 0.407 e. The molecule has 1 N–H and O–H groups in total. The second kappa shape index (κ2) is 4.76. The van der Waals surface area contributed by atoms with E-state index in [0.29, 0.717) is 0 Å². The molecule has 1 aromatic rings. The number of rotatable bonds is 3. The molecule has 4 nitrogen and oxygen atoms in total. The minimum atomic E-state index is -0.599. The summed E-state index contributed by atoms with van der Waals surface area (Å²) in [5.41, 5.74) is 0. The number of thiophene rings is 1. The van der Waals surface area contributed by atoms with E-state index < -0.39 is 12.1 Å². The number of amides is 1. The van der Waals surface area contributed by atoms with Crippen molar-refractivity contribution in [2.75, 3.05) is 7.11 Å². The first-order chi connectivity index (χ1) is 6.65. The Kier molecular flexibility index (Phi) is 3.64. The highest BCUT2D eigenvalue weighted by Gasteiger charge is 2.19. The predicted molar refractivity (Wildman–Crippen MR) is 53.3 cm³/mol. The Labute approximate surface area is 85.9 Å². The van der Waals surface area contributed by atoms with Crippen molar-refractivity contribution in [2.45, 2.75) is 13.0 Å². The number of methoxy groups -OCH3 is 1. The number of alkyl carbamates (subject to hydrolysis) is 1. The Morgan fingerprint density at radius 2 is 2.29 bits per heavy atom. The van der Waals surface area contributed by atoms with E-state index in [-0.39, 0.29) is 5.78 Å². The van der Waals surface area contributed by atoms with Gasteiger partial charge in [0.1, 0.15) is 6.04 Å². The average Bonchev–Trinajstić information content (AvgIpc) is 2.65. The van der Waals surface area contributed by atoms with Crippen LogP contribution in [0.1, 0.15) is 17.8 Å². The van der Waals surface area contributed by atoms with Crippen molar-refractivity contribution in [3.63, 3.8) is 0 Å².